The molecule has 0 fully saturated rings. The summed E-state index contributed by atoms with van der Waals surface area (Å²) in [5, 5.41) is 0. The van der Waals surface area contributed by atoms with Crippen LogP contribution in [0, 0.1) is 5.92 Å². The molecule has 0 unspecified atom stereocenters. The van der Waals surface area contributed by atoms with Crippen molar-refractivity contribution >= 4 is 0 Å². The lowest BCUT2D eigenvalue weighted by Crippen LogP contribution is -2.02. The minimum absolute atomic E-state index is 0.609. The predicted molar refractivity (Wildman–Crippen MR) is 153 cm³/mol. The maximum Gasteiger partial charge on any atom is 0.0717 e. The van der Waals surface area contributed by atoms with Crippen LogP contribution in [-0.2, 0) is 17.8 Å². The van der Waals surface area contributed by atoms with Crippen LogP contribution in [0.3, 0.4) is 0 Å². The summed E-state index contributed by atoms with van der Waals surface area (Å²) in [6.45, 7) is 8.32. The lowest BCUT2D eigenvalue weighted by Gasteiger charge is -2.08. The van der Waals surface area contributed by atoms with Crippen LogP contribution in [0.1, 0.15) is 160 Å². The first-order valence-electron chi connectivity index (χ1n) is 15.4. The zero-order valence-electron chi connectivity index (χ0n) is 23.6. The number of hydrogen-bond donors (Lipinski definition) is 0. The van der Waals surface area contributed by atoms with E-state index in [9.17, 15) is 0 Å². The van der Waals surface area contributed by atoms with Gasteiger partial charge in [0, 0.05) is 6.61 Å². The smallest absolute Gasteiger partial charge is 0.0717 e. The van der Waals surface area contributed by atoms with Crippen LogP contribution in [0.5, 0.6) is 0 Å². The van der Waals surface area contributed by atoms with E-state index < -0.39 is 0 Å². The summed E-state index contributed by atoms with van der Waals surface area (Å²) in [5.41, 5.74) is 2.80. The van der Waals surface area contributed by atoms with Crippen LogP contribution in [0.15, 0.2) is 24.3 Å². The molecule has 0 atom stereocenters. The number of rotatable bonds is 25. The van der Waals surface area contributed by atoms with E-state index in [1.165, 1.54) is 146 Å². The molecular weight excluding hydrogens is 412 g/mol. The number of ether oxygens (including phenoxy) is 1. The summed E-state index contributed by atoms with van der Waals surface area (Å²) in [5.74, 6) is 0.609. The lowest BCUT2D eigenvalue weighted by molar-refractivity contribution is 0.0970. The van der Waals surface area contributed by atoms with E-state index in [4.69, 9.17) is 4.74 Å². The zero-order valence-corrected chi connectivity index (χ0v) is 23.6. The zero-order chi connectivity index (χ0) is 24.5. The molecule has 1 heteroatoms. The standard InChI is InChI=1S/C33H60O/c1-4-5-6-7-8-9-10-11-12-13-14-15-16-17-18-19-20-21-22-23-25-32-26-24-27-33(28-32)30-34-29-31(2)3/h24,26-28,31H,4-23,25,29-30H2,1-3H3. The first kappa shape index (κ1) is 31.2. The number of hydrogen-bond acceptors (Lipinski definition) is 1. The van der Waals surface area contributed by atoms with E-state index in [2.05, 4.69) is 45.0 Å². The summed E-state index contributed by atoms with van der Waals surface area (Å²) >= 11 is 0. The quantitative estimate of drug-likeness (QED) is 0.129. The van der Waals surface area contributed by atoms with E-state index in [0.29, 0.717) is 5.92 Å². The van der Waals surface area contributed by atoms with Gasteiger partial charge in [-0.05, 0) is 29.9 Å². The molecule has 1 aromatic carbocycles. The van der Waals surface area contributed by atoms with Crippen LogP contribution in [0.25, 0.3) is 0 Å². The number of aryl methyl sites for hydroxylation is 1. The Morgan fingerprint density at radius 1 is 0.559 bits per heavy atom. The predicted octanol–water partition coefficient (Wildman–Crippen LogP) is 11.2. The Hall–Kier alpha value is -0.820. The van der Waals surface area contributed by atoms with Gasteiger partial charge in [-0.15, -0.1) is 0 Å². The first-order valence-corrected chi connectivity index (χ1v) is 15.4. The second-order valence-electron chi connectivity index (χ2n) is 11.2. The Morgan fingerprint density at radius 2 is 0.971 bits per heavy atom. The van der Waals surface area contributed by atoms with Crippen molar-refractivity contribution in [2.45, 2.75) is 162 Å². The molecule has 198 valence electrons. The summed E-state index contributed by atoms with van der Waals surface area (Å²) in [6, 6.07) is 9.01. The molecule has 1 nitrogen and oxygen atoms in total. The molecule has 1 rings (SSSR count). The van der Waals surface area contributed by atoms with Crippen LogP contribution < -0.4 is 0 Å². The van der Waals surface area contributed by atoms with Crippen molar-refractivity contribution in [2.75, 3.05) is 6.61 Å². The molecule has 0 bridgehead atoms. The second-order valence-corrected chi connectivity index (χ2v) is 11.2. The van der Waals surface area contributed by atoms with Gasteiger partial charge in [0.25, 0.3) is 0 Å². The molecule has 1 aromatic rings. The van der Waals surface area contributed by atoms with E-state index >= 15 is 0 Å². The van der Waals surface area contributed by atoms with Crippen LogP contribution >= 0.6 is 0 Å². The molecule has 0 radical (unpaired) electrons. The molecule has 0 heterocycles. The first-order chi connectivity index (χ1) is 16.7. The van der Waals surface area contributed by atoms with E-state index in [1.807, 2.05) is 0 Å². The summed E-state index contributed by atoms with van der Waals surface area (Å²) in [4.78, 5) is 0. The Balaban J connectivity index is 1.80. The van der Waals surface area contributed by atoms with E-state index in [1.54, 1.807) is 0 Å². The molecule has 0 aromatic heterocycles. The minimum atomic E-state index is 0.609. The van der Waals surface area contributed by atoms with Crippen molar-refractivity contribution in [1.82, 2.24) is 0 Å². The molecule has 0 saturated carbocycles. The number of unbranched alkanes of at least 4 members (excludes halogenated alkanes) is 19. The van der Waals surface area contributed by atoms with E-state index in [-0.39, 0.29) is 0 Å². The topological polar surface area (TPSA) is 9.23 Å². The van der Waals surface area contributed by atoms with E-state index in [0.717, 1.165) is 13.2 Å². The molecule has 34 heavy (non-hydrogen) atoms. The van der Waals surface area contributed by atoms with Crippen molar-refractivity contribution in [3.8, 4) is 0 Å². The van der Waals surface area contributed by atoms with Gasteiger partial charge < -0.3 is 4.74 Å². The van der Waals surface area contributed by atoms with Crippen molar-refractivity contribution in [3.05, 3.63) is 35.4 Å². The average molecular weight is 473 g/mol. The molecule has 0 aliphatic rings. The van der Waals surface area contributed by atoms with Crippen molar-refractivity contribution in [3.63, 3.8) is 0 Å². The Bertz CT molecular complexity index is 535. The van der Waals surface area contributed by atoms with Gasteiger partial charge in [-0.2, -0.15) is 0 Å². The molecule has 0 aliphatic heterocycles. The highest BCUT2D eigenvalue weighted by Gasteiger charge is 2.00. The van der Waals surface area contributed by atoms with Gasteiger partial charge in [0.05, 0.1) is 6.61 Å². The fraction of sp³-hybridized carbons (Fsp3) is 0.818. The summed E-state index contributed by atoms with van der Waals surface area (Å²) < 4.78 is 5.78. The molecule has 0 N–H and O–H groups in total. The van der Waals surface area contributed by atoms with Gasteiger partial charge in [-0.1, -0.05) is 167 Å². The third-order valence-corrected chi connectivity index (χ3v) is 7.03. The van der Waals surface area contributed by atoms with Gasteiger partial charge in [0.2, 0.25) is 0 Å². The van der Waals surface area contributed by atoms with Gasteiger partial charge in [0.15, 0.2) is 0 Å². The molecule has 0 amide bonds. The van der Waals surface area contributed by atoms with Crippen LogP contribution in [0.4, 0.5) is 0 Å². The normalized spacial score (nSPS) is 11.5. The SMILES string of the molecule is CCCCCCCCCCCCCCCCCCCCCCc1cccc(COCC(C)C)c1. The van der Waals surface area contributed by atoms with Crippen molar-refractivity contribution in [2.24, 2.45) is 5.92 Å². The van der Waals surface area contributed by atoms with Crippen molar-refractivity contribution < 1.29 is 4.74 Å². The summed E-state index contributed by atoms with van der Waals surface area (Å²) in [6.07, 6.45) is 30.1. The molecular formula is C33H60O. The average Bonchev–Trinajstić information content (AvgIpc) is 2.83. The van der Waals surface area contributed by atoms with Gasteiger partial charge >= 0.3 is 0 Å². The summed E-state index contributed by atoms with van der Waals surface area (Å²) in [7, 11) is 0. The highest BCUT2D eigenvalue weighted by atomic mass is 16.5. The monoisotopic (exact) mass is 472 g/mol. The molecule has 0 spiro atoms. The lowest BCUT2D eigenvalue weighted by atomic mass is 10.0. The fourth-order valence-electron chi connectivity index (χ4n) is 4.87. The third-order valence-electron chi connectivity index (χ3n) is 7.03. The second kappa shape index (κ2) is 23.9. The Kier molecular flexibility index (Phi) is 21.9. The minimum Gasteiger partial charge on any atom is -0.377 e. The largest absolute Gasteiger partial charge is 0.377 e. The van der Waals surface area contributed by atoms with Crippen LogP contribution in [-0.4, -0.2) is 6.61 Å². The number of benzene rings is 1. The molecule has 0 aliphatic carbocycles. The van der Waals surface area contributed by atoms with Gasteiger partial charge in [-0.25, -0.2) is 0 Å². The van der Waals surface area contributed by atoms with Crippen LogP contribution in [0.2, 0.25) is 0 Å². The molecule has 0 saturated heterocycles. The maximum absolute atomic E-state index is 5.78. The Morgan fingerprint density at radius 3 is 1.41 bits per heavy atom. The fourth-order valence-corrected chi connectivity index (χ4v) is 4.87. The Labute approximate surface area is 214 Å². The van der Waals surface area contributed by atoms with Gasteiger partial charge in [-0.3, -0.25) is 0 Å². The third kappa shape index (κ3) is 20.5. The highest BCUT2D eigenvalue weighted by molar-refractivity contribution is 5.23. The maximum atomic E-state index is 5.78. The highest BCUT2D eigenvalue weighted by Crippen LogP contribution is 2.16. The van der Waals surface area contributed by atoms with Crippen molar-refractivity contribution in [1.29, 1.82) is 0 Å². The van der Waals surface area contributed by atoms with Gasteiger partial charge in [0.1, 0.15) is 0 Å².